The van der Waals surface area contributed by atoms with Gasteiger partial charge in [-0.15, -0.1) is 11.3 Å². The van der Waals surface area contributed by atoms with E-state index in [0.717, 1.165) is 42.0 Å². The van der Waals surface area contributed by atoms with Crippen molar-refractivity contribution in [2.45, 2.75) is 63.4 Å². The minimum atomic E-state index is -3.43. The predicted molar refractivity (Wildman–Crippen MR) is 83.3 cm³/mol. The number of aryl methyl sites for hydroxylation is 1. The van der Waals surface area contributed by atoms with E-state index in [2.05, 4.69) is 11.6 Å². The summed E-state index contributed by atoms with van der Waals surface area (Å²) in [6.07, 6.45) is 5.32. The molecule has 0 bridgehead atoms. The van der Waals surface area contributed by atoms with Gasteiger partial charge in [0.05, 0.1) is 0 Å². The fourth-order valence-corrected chi connectivity index (χ4v) is 5.96. The lowest BCUT2D eigenvalue weighted by Crippen LogP contribution is -2.38. The summed E-state index contributed by atoms with van der Waals surface area (Å²) in [6.45, 7) is 4.31. The maximum absolute atomic E-state index is 12.6. The van der Waals surface area contributed by atoms with Gasteiger partial charge in [0, 0.05) is 17.5 Å². The maximum Gasteiger partial charge on any atom is 0.242 e. The van der Waals surface area contributed by atoms with Gasteiger partial charge in [0.1, 0.15) is 4.90 Å². The van der Waals surface area contributed by atoms with E-state index in [4.69, 9.17) is 5.73 Å². The summed E-state index contributed by atoms with van der Waals surface area (Å²) >= 11 is 1.42. The molecule has 2 rings (SSSR count). The molecule has 0 unspecified atom stereocenters. The summed E-state index contributed by atoms with van der Waals surface area (Å²) in [6, 6.07) is 0.0766. The number of nitrogens with one attached hydrogen (secondary N) is 1. The highest BCUT2D eigenvalue weighted by atomic mass is 32.2. The van der Waals surface area contributed by atoms with Crippen LogP contribution in [0.4, 0.5) is 0 Å². The number of rotatable bonds is 5. The molecule has 4 nitrogen and oxygen atoms in total. The van der Waals surface area contributed by atoms with Gasteiger partial charge in [-0.05, 0) is 49.5 Å². The Kier molecular flexibility index (Phi) is 5.23. The van der Waals surface area contributed by atoms with E-state index in [1.54, 1.807) is 0 Å². The van der Waals surface area contributed by atoms with E-state index in [1.807, 2.05) is 12.3 Å². The van der Waals surface area contributed by atoms with Crippen molar-refractivity contribution in [2.24, 2.45) is 11.7 Å². The molecule has 0 radical (unpaired) electrons. The van der Waals surface area contributed by atoms with Crippen LogP contribution in [0.15, 0.2) is 10.3 Å². The minimum absolute atomic E-state index is 0.0766. The summed E-state index contributed by atoms with van der Waals surface area (Å²) in [5, 5.41) is 1.87. The molecule has 0 aromatic carbocycles. The second-order valence-electron chi connectivity index (χ2n) is 5.62. The van der Waals surface area contributed by atoms with Crippen molar-refractivity contribution in [3.63, 3.8) is 0 Å². The summed E-state index contributed by atoms with van der Waals surface area (Å²) < 4.78 is 28.0. The lowest BCUT2D eigenvalue weighted by atomic mass is 9.85. The summed E-state index contributed by atoms with van der Waals surface area (Å²) in [5.74, 6) is 0.762. The Morgan fingerprint density at radius 2 is 2.00 bits per heavy atom. The van der Waals surface area contributed by atoms with Crippen molar-refractivity contribution in [3.8, 4) is 0 Å². The molecule has 20 heavy (non-hydrogen) atoms. The van der Waals surface area contributed by atoms with E-state index < -0.39 is 10.0 Å². The lowest BCUT2D eigenvalue weighted by Gasteiger charge is -2.28. The van der Waals surface area contributed by atoms with Crippen LogP contribution in [0.5, 0.6) is 0 Å². The highest BCUT2D eigenvalue weighted by Crippen LogP contribution is 2.30. The number of hydrogen-bond acceptors (Lipinski definition) is 4. The normalized spacial score (nSPS) is 23.9. The molecule has 0 spiro atoms. The van der Waals surface area contributed by atoms with Crippen LogP contribution < -0.4 is 10.5 Å². The van der Waals surface area contributed by atoms with E-state index in [0.29, 0.717) is 4.90 Å². The quantitative estimate of drug-likeness (QED) is 0.877. The SMILES string of the molecule is CCC1CCC(NS(=O)(=O)c2c(C)csc2CN)CC1. The molecule has 0 aliphatic heterocycles. The maximum atomic E-state index is 12.6. The van der Waals surface area contributed by atoms with Crippen molar-refractivity contribution >= 4 is 21.4 Å². The second kappa shape index (κ2) is 6.56. The van der Waals surface area contributed by atoms with Crippen molar-refractivity contribution in [1.29, 1.82) is 0 Å². The Hall–Kier alpha value is -0.430. The molecule has 0 atom stereocenters. The fraction of sp³-hybridized carbons (Fsp3) is 0.714. The molecule has 6 heteroatoms. The minimum Gasteiger partial charge on any atom is -0.326 e. The number of thiophene rings is 1. The first-order valence-electron chi connectivity index (χ1n) is 7.27. The van der Waals surface area contributed by atoms with Gasteiger partial charge in [-0.3, -0.25) is 0 Å². The van der Waals surface area contributed by atoms with Crippen molar-refractivity contribution in [1.82, 2.24) is 4.72 Å². The standard InChI is InChI=1S/C14H24N2O2S2/c1-3-11-4-6-12(7-5-11)16-20(17,18)14-10(2)9-19-13(14)8-15/h9,11-12,16H,3-8,15H2,1-2H3. The molecule has 1 aliphatic carbocycles. The average molecular weight is 316 g/mol. The largest absolute Gasteiger partial charge is 0.326 e. The smallest absolute Gasteiger partial charge is 0.242 e. The Morgan fingerprint density at radius 3 is 2.55 bits per heavy atom. The summed E-state index contributed by atoms with van der Waals surface area (Å²) in [4.78, 5) is 1.15. The number of sulfonamides is 1. The molecule has 114 valence electrons. The molecular weight excluding hydrogens is 292 g/mol. The molecule has 1 fully saturated rings. The highest BCUT2D eigenvalue weighted by Gasteiger charge is 2.28. The molecule has 1 saturated carbocycles. The third kappa shape index (κ3) is 3.42. The van der Waals surface area contributed by atoms with Gasteiger partial charge >= 0.3 is 0 Å². The monoisotopic (exact) mass is 316 g/mol. The van der Waals surface area contributed by atoms with Crippen LogP contribution in [-0.4, -0.2) is 14.5 Å². The zero-order valence-electron chi connectivity index (χ0n) is 12.2. The topological polar surface area (TPSA) is 72.2 Å². The molecule has 0 saturated heterocycles. The van der Waals surface area contributed by atoms with Crippen molar-refractivity contribution in [2.75, 3.05) is 0 Å². The van der Waals surface area contributed by atoms with E-state index in [9.17, 15) is 8.42 Å². The first-order chi connectivity index (χ1) is 9.47. The first kappa shape index (κ1) is 15.9. The van der Waals surface area contributed by atoms with Crippen LogP contribution in [-0.2, 0) is 16.6 Å². The van der Waals surface area contributed by atoms with Crippen LogP contribution in [0.25, 0.3) is 0 Å². The zero-order chi connectivity index (χ0) is 14.8. The Bertz CT molecular complexity index is 544. The van der Waals surface area contributed by atoms with Gasteiger partial charge in [0.15, 0.2) is 0 Å². The molecule has 1 aromatic heterocycles. The first-order valence-corrected chi connectivity index (χ1v) is 9.63. The van der Waals surface area contributed by atoms with Gasteiger partial charge in [-0.2, -0.15) is 0 Å². The van der Waals surface area contributed by atoms with Gasteiger partial charge in [-0.1, -0.05) is 13.3 Å². The average Bonchev–Trinajstić information content (AvgIpc) is 2.81. The molecule has 0 amide bonds. The number of nitrogens with two attached hydrogens (primary N) is 1. The Morgan fingerprint density at radius 1 is 1.35 bits per heavy atom. The van der Waals surface area contributed by atoms with Crippen LogP contribution in [0.1, 0.15) is 49.5 Å². The molecule has 1 heterocycles. The van der Waals surface area contributed by atoms with Crippen LogP contribution in [0, 0.1) is 12.8 Å². The van der Waals surface area contributed by atoms with Gasteiger partial charge < -0.3 is 5.73 Å². The van der Waals surface area contributed by atoms with Gasteiger partial charge in [0.2, 0.25) is 10.0 Å². The van der Waals surface area contributed by atoms with E-state index in [-0.39, 0.29) is 12.6 Å². The summed E-state index contributed by atoms with van der Waals surface area (Å²) in [5.41, 5.74) is 6.44. The summed E-state index contributed by atoms with van der Waals surface area (Å²) in [7, 11) is -3.43. The van der Waals surface area contributed by atoms with Crippen molar-refractivity contribution in [3.05, 3.63) is 15.8 Å². The zero-order valence-corrected chi connectivity index (χ0v) is 13.8. The molecule has 1 aromatic rings. The van der Waals surface area contributed by atoms with Gasteiger partial charge in [-0.25, -0.2) is 13.1 Å². The Labute approximate surface area is 125 Å². The van der Waals surface area contributed by atoms with Crippen LogP contribution in [0.3, 0.4) is 0 Å². The third-order valence-corrected chi connectivity index (χ3v) is 7.19. The highest BCUT2D eigenvalue weighted by molar-refractivity contribution is 7.89. The van der Waals surface area contributed by atoms with E-state index in [1.165, 1.54) is 17.8 Å². The fourth-order valence-electron chi connectivity index (χ4n) is 2.96. The van der Waals surface area contributed by atoms with Gasteiger partial charge in [0.25, 0.3) is 0 Å². The molecular formula is C14H24N2O2S2. The molecule has 1 aliphatic rings. The third-order valence-electron chi connectivity index (χ3n) is 4.19. The lowest BCUT2D eigenvalue weighted by molar-refractivity contribution is 0.306. The van der Waals surface area contributed by atoms with Crippen molar-refractivity contribution < 1.29 is 8.42 Å². The van der Waals surface area contributed by atoms with E-state index >= 15 is 0 Å². The number of hydrogen-bond donors (Lipinski definition) is 2. The van der Waals surface area contributed by atoms with Crippen LogP contribution in [0.2, 0.25) is 0 Å². The second-order valence-corrected chi connectivity index (χ2v) is 8.24. The molecule has 3 N–H and O–H groups in total. The predicted octanol–water partition coefficient (Wildman–Crippen LogP) is 2.76. The Balaban J connectivity index is 2.10. The van der Waals surface area contributed by atoms with Crippen LogP contribution >= 0.6 is 11.3 Å².